The van der Waals surface area contributed by atoms with Crippen molar-refractivity contribution in [1.82, 2.24) is 10.2 Å². The van der Waals surface area contributed by atoms with Gasteiger partial charge in [-0.1, -0.05) is 6.92 Å². The molecule has 1 unspecified atom stereocenters. The van der Waals surface area contributed by atoms with Crippen LogP contribution in [0.4, 0.5) is 5.69 Å². The Morgan fingerprint density at radius 2 is 1.83 bits per heavy atom. The number of rotatable bonds is 4. The molecule has 2 saturated heterocycles. The Kier molecular flexibility index (Phi) is 6.60. The summed E-state index contributed by atoms with van der Waals surface area (Å²) in [7, 11) is 0. The highest BCUT2D eigenvalue weighted by molar-refractivity contribution is 5.96. The van der Waals surface area contributed by atoms with Crippen LogP contribution in [0.5, 0.6) is 0 Å². The second-order valence-electron chi connectivity index (χ2n) is 6.18. The summed E-state index contributed by atoms with van der Waals surface area (Å²) in [4.78, 5) is 26.3. The zero-order valence-electron chi connectivity index (χ0n) is 13.8. The van der Waals surface area contributed by atoms with E-state index in [0.717, 1.165) is 18.8 Å². The van der Waals surface area contributed by atoms with Crippen LogP contribution in [0.15, 0.2) is 24.3 Å². The van der Waals surface area contributed by atoms with Crippen LogP contribution < -0.4 is 10.6 Å². The van der Waals surface area contributed by atoms with Crippen molar-refractivity contribution in [2.75, 3.05) is 44.7 Å². The number of hydrogen-bond donors (Lipinski definition) is 2. The third kappa shape index (κ3) is 4.26. The van der Waals surface area contributed by atoms with Crippen LogP contribution in [-0.2, 0) is 9.53 Å². The van der Waals surface area contributed by atoms with Crippen LogP contribution in [-0.4, -0.2) is 56.1 Å². The minimum Gasteiger partial charge on any atom is -0.378 e. The molecule has 7 heteroatoms. The molecule has 2 heterocycles. The van der Waals surface area contributed by atoms with Gasteiger partial charge in [-0.05, 0) is 43.3 Å². The van der Waals surface area contributed by atoms with Crippen molar-refractivity contribution >= 4 is 29.9 Å². The van der Waals surface area contributed by atoms with Gasteiger partial charge in [0.15, 0.2) is 0 Å². The molecule has 1 atom stereocenters. The van der Waals surface area contributed by atoms with Gasteiger partial charge in [-0.25, -0.2) is 0 Å². The average Bonchev–Trinajstić information content (AvgIpc) is 2.54. The van der Waals surface area contributed by atoms with E-state index in [1.807, 2.05) is 6.92 Å². The van der Waals surface area contributed by atoms with Crippen molar-refractivity contribution in [3.8, 4) is 0 Å². The lowest BCUT2D eigenvalue weighted by atomic mass is 9.88. The molecule has 0 aromatic heterocycles. The fourth-order valence-corrected chi connectivity index (χ4v) is 2.78. The summed E-state index contributed by atoms with van der Waals surface area (Å²) in [6.45, 7) is 6.20. The Balaban J connectivity index is 0.00000208. The number of halogens is 1. The molecule has 3 rings (SSSR count). The van der Waals surface area contributed by atoms with Crippen LogP contribution in [0.25, 0.3) is 0 Å². The average molecular weight is 354 g/mol. The third-order valence-electron chi connectivity index (χ3n) is 4.63. The normalized spacial score (nSPS) is 19.0. The molecule has 0 radical (unpaired) electrons. The maximum absolute atomic E-state index is 12.4. The number of morpholine rings is 1. The van der Waals surface area contributed by atoms with Gasteiger partial charge in [0.1, 0.15) is 0 Å². The second kappa shape index (κ2) is 8.46. The van der Waals surface area contributed by atoms with Crippen molar-refractivity contribution in [2.24, 2.45) is 11.8 Å². The molecule has 2 fully saturated rings. The number of anilines is 1. The minimum atomic E-state index is -0.00842. The molecule has 2 aliphatic heterocycles. The maximum Gasteiger partial charge on any atom is 0.254 e. The van der Waals surface area contributed by atoms with Crippen LogP contribution >= 0.6 is 12.4 Å². The summed E-state index contributed by atoms with van der Waals surface area (Å²) < 4.78 is 5.26. The first-order chi connectivity index (χ1) is 11.1. The number of carbonyl (C=O) groups is 2. The number of benzene rings is 1. The summed E-state index contributed by atoms with van der Waals surface area (Å²) in [5, 5.41) is 6.11. The van der Waals surface area contributed by atoms with Gasteiger partial charge in [0.25, 0.3) is 5.91 Å². The van der Waals surface area contributed by atoms with Crippen molar-refractivity contribution in [2.45, 2.75) is 6.92 Å². The van der Waals surface area contributed by atoms with E-state index in [9.17, 15) is 9.59 Å². The first-order valence-electron chi connectivity index (χ1n) is 8.14. The summed E-state index contributed by atoms with van der Waals surface area (Å²) in [6, 6.07) is 7.11. The van der Waals surface area contributed by atoms with E-state index >= 15 is 0 Å². The van der Waals surface area contributed by atoms with Gasteiger partial charge in [0.2, 0.25) is 5.91 Å². The lowest BCUT2D eigenvalue weighted by Crippen LogP contribution is -2.48. The zero-order valence-corrected chi connectivity index (χ0v) is 14.6. The van der Waals surface area contributed by atoms with E-state index in [0.29, 0.717) is 37.8 Å². The highest BCUT2D eigenvalue weighted by Gasteiger charge is 2.28. The molecule has 6 nitrogen and oxygen atoms in total. The molecule has 24 heavy (non-hydrogen) atoms. The van der Waals surface area contributed by atoms with Gasteiger partial charge in [-0.3, -0.25) is 9.59 Å². The maximum atomic E-state index is 12.4. The Morgan fingerprint density at radius 1 is 1.21 bits per heavy atom. The van der Waals surface area contributed by atoms with Crippen LogP contribution in [0, 0.1) is 11.8 Å². The van der Waals surface area contributed by atoms with Crippen molar-refractivity contribution in [1.29, 1.82) is 0 Å². The second-order valence-corrected chi connectivity index (χ2v) is 6.18. The highest BCUT2D eigenvalue weighted by Crippen LogP contribution is 2.19. The first kappa shape index (κ1) is 18.7. The van der Waals surface area contributed by atoms with E-state index in [-0.39, 0.29) is 30.1 Å². The number of amides is 2. The Hall–Kier alpha value is -1.63. The topological polar surface area (TPSA) is 70.7 Å². The summed E-state index contributed by atoms with van der Waals surface area (Å²) >= 11 is 0. The van der Waals surface area contributed by atoms with Crippen molar-refractivity contribution in [3.63, 3.8) is 0 Å². The molecule has 0 spiro atoms. The Morgan fingerprint density at radius 3 is 2.38 bits per heavy atom. The Labute approximate surface area is 148 Å². The monoisotopic (exact) mass is 353 g/mol. The number of hydrogen-bond acceptors (Lipinski definition) is 4. The Bertz CT molecular complexity index is 569. The van der Waals surface area contributed by atoms with E-state index < -0.39 is 0 Å². The molecule has 0 bridgehead atoms. The largest absolute Gasteiger partial charge is 0.378 e. The van der Waals surface area contributed by atoms with Crippen LogP contribution in [0.2, 0.25) is 0 Å². The molecule has 2 aliphatic rings. The molecule has 132 valence electrons. The number of nitrogens with one attached hydrogen (secondary N) is 2. The predicted molar refractivity (Wildman–Crippen MR) is 94.6 cm³/mol. The number of nitrogens with zero attached hydrogens (tertiary/aromatic N) is 1. The molecule has 1 aromatic rings. The van der Waals surface area contributed by atoms with E-state index in [4.69, 9.17) is 4.74 Å². The molecule has 2 amide bonds. The van der Waals surface area contributed by atoms with Gasteiger partial charge in [0.05, 0.1) is 13.2 Å². The van der Waals surface area contributed by atoms with Gasteiger partial charge in [-0.2, -0.15) is 0 Å². The molecule has 0 saturated carbocycles. The quantitative estimate of drug-likeness (QED) is 0.857. The van der Waals surface area contributed by atoms with Gasteiger partial charge >= 0.3 is 0 Å². The fraction of sp³-hybridized carbons (Fsp3) is 0.529. The third-order valence-corrected chi connectivity index (χ3v) is 4.63. The predicted octanol–water partition coefficient (Wildman–Crippen LogP) is 1.37. The molecule has 0 aliphatic carbocycles. The van der Waals surface area contributed by atoms with E-state index in [1.165, 1.54) is 0 Å². The van der Waals surface area contributed by atoms with Gasteiger partial charge < -0.3 is 20.3 Å². The summed E-state index contributed by atoms with van der Waals surface area (Å²) in [6.07, 6.45) is 0. The lowest BCUT2D eigenvalue weighted by molar-refractivity contribution is -0.121. The highest BCUT2D eigenvalue weighted by atomic mass is 35.5. The smallest absolute Gasteiger partial charge is 0.254 e. The molecule has 1 aromatic carbocycles. The van der Waals surface area contributed by atoms with Crippen LogP contribution in [0.1, 0.15) is 17.3 Å². The standard InChI is InChI=1S/C17H23N3O3.ClH/c1-12(14-10-18-11-14)16(21)19-15-4-2-13(3-5-15)17(22)20-6-8-23-9-7-20;/h2-5,12,14,18H,6-11H2,1H3,(H,19,21);1H. The summed E-state index contributed by atoms with van der Waals surface area (Å²) in [5.41, 5.74) is 1.37. The van der Waals surface area contributed by atoms with E-state index in [2.05, 4.69) is 10.6 Å². The van der Waals surface area contributed by atoms with E-state index in [1.54, 1.807) is 29.2 Å². The fourth-order valence-electron chi connectivity index (χ4n) is 2.78. The number of carbonyl (C=O) groups excluding carboxylic acids is 2. The molecule has 2 N–H and O–H groups in total. The van der Waals surface area contributed by atoms with Gasteiger partial charge in [0, 0.05) is 30.3 Å². The summed E-state index contributed by atoms with van der Waals surface area (Å²) in [5.74, 6) is 0.451. The lowest BCUT2D eigenvalue weighted by Gasteiger charge is -2.31. The molecular weight excluding hydrogens is 330 g/mol. The van der Waals surface area contributed by atoms with Crippen molar-refractivity contribution in [3.05, 3.63) is 29.8 Å². The minimum absolute atomic E-state index is 0. The van der Waals surface area contributed by atoms with Gasteiger partial charge in [-0.15, -0.1) is 12.4 Å². The van der Waals surface area contributed by atoms with Crippen molar-refractivity contribution < 1.29 is 14.3 Å². The zero-order chi connectivity index (χ0) is 16.2. The molecular formula is C17H24ClN3O3. The number of ether oxygens (including phenoxy) is 1. The van der Waals surface area contributed by atoms with Crippen LogP contribution in [0.3, 0.4) is 0 Å². The first-order valence-corrected chi connectivity index (χ1v) is 8.14. The SMILES string of the molecule is CC(C(=O)Nc1ccc(C(=O)N2CCOCC2)cc1)C1CNC1.Cl.